The van der Waals surface area contributed by atoms with Crippen molar-refractivity contribution >= 4 is 58.8 Å². The quantitative estimate of drug-likeness (QED) is 0.538. The van der Waals surface area contributed by atoms with Crippen LogP contribution in [0.5, 0.6) is 0 Å². The van der Waals surface area contributed by atoms with E-state index in [1.54, 1.807) is 0 Å². The molecular weight excluding hydrogens is 334 g/mol. The van der Waals surface area contributed by atoms with Gasteiger partial charge in [-0.3, -0.25) is 9.89 Å². The molecule has 0 atom stereocenters. The van der Waals surface area contributed by atoms with Gasteiger partial charge < -0.3 is 5.32 Å². The molecule has 2 aromatic carbocycles. The van der Waals surface area contributed by atoms with Crippen molar-refractivity contribution in [2.45, 2.75) is 0 Å². The summed E-state index contributed by atoms with van der Waals surface area (Å²) in [5, 5.41) is 8.40. The summed E-state index contributed by atoms with van der Waals surface area (Å²) in [5.41, 5.74) is 0. The zero-order chi connectivity index (χ0) is 15.9. The summed E-state index contributed by atoms with van der Waals surface area (Å²) in [6, 6.07) is 21.6. The Morgan fingerprint density at radius 1 is 0.833 bits per heavy atom. The van der Waals surface area contributed by atoms with Gasteiger partial charge in [0, 0.05) is 15.9 Å². The van der Waals surface area contributed by atoms with Crippen LogP contribution in [0.3, 0.4) is 0 Å². The second-order valence-corrected chi connectivity index (χ2v) is 7.84. The molecular formula is C19H15N3S2. The Labute approximate surface area is 147 Å². The summed E-state index contributed by atoms with van der Waals surface area (Å²) in [5.74, 6) is 0.952. The van der Waals surface area contributed by atoms with Gasteiger partial charge in [-0.2, -0.15) is 0 Å². The maximum atomic E-state index is 4.67. The minimum absolute atomic E-state index is 0.835. The van der Waals surface area contributed by atoms with Crippen molar-refractivity contribution < 1.29 is 0 Å². The van der Waals surface area contributed by atoms with E-state index in [0.717, 1.165) is 19.0 Å². The Bertz CT molecular complexity index is 921. The van der Waals surface area contributed by atoms with Crippen LogP contribution in [0.25, 0.3) is 20.2 Å². The van der Waals surface area contributed by atoms with Crippen LogP contribution in [-0.4, -0.2) is 19.0 Å². The Hall–Kier alpha value is -2.37. The molecule has 1 aliphatic rings. The fourth-order valence-electron chi connectivity index (χ4n) is 3.01. The Morgan fingerprint density at radius 2 is 1.42 bits per heavy atom. The predicted molar refractivity (Wildman–Crippen MR) is 106 cm³/mol. The minimum atomic E-state index is 0.835. The number of anilines is 2. The monoisotopic (exact) mass is 349 g/mol. The molecule has 0 fully saturated rings. The van der Waals surface area contributed by atoms with E-state index in [0.29, 0.717) is 0 Å². The molecule has 0 amide bonds. The molecule has 24 heavy (non-hydrogen) atoms. The van der Waals surface area contributed by atoms with Gasteiger partial charge in [0.25, 0.3) is 0 Å². The molecule has 2 aromatic heterocycles. The first-order valence-electron chi connectivity index (χ1n) is 7.94. The van der Waals surface area contributed by atoms with Gasteiger partial charge in [0.1, 0.15) is 10.0 Å². The fourth-order valence-corrected chi connectivity index (χ4v) is 5.22. The lowest BCUT2D eigenvalue weighted by atomic mass is 10.2. The third-order valence-corrected chi connectivity index (χ3v) is 6.34. The van der Waals surface area contributed by atoms with Gasteiger partial charge in [-0.15, -0.1) is 22.7 Å². The molecule has 1 aliphatic heterocycles. The fraction of sp³-hybridized carbons (Fsp3) is 0.105. The lowest BCUT2D eigenvalue weighted by Gasteiger charge is -2.20. The Balaban J connectivity index is 1.69. The number of nitrogens with zero attached hydrogens (tertiary/aromatic N) is 2. The zero-order valence-corrected chi connectivity index (χ0v) is 14.5. The highest BCUT2D eigenvalue weighted by Crippen LogP contribution is 2.41. The van der Waals surface area contributed by atoms with Crippen LogP contribution >= 0.6 is 22.7 Å². The van der Waals surface area contributed by atoms with Gasteiger partial charge in [-0.25, -0.2) is 0 Å². The number of guanidine groups is 1. The van der Waals surface area contributed by atoms with Crippen LogP contribution < -0.4 is 10.2 Å². The molecule has 3 nitrogen and oxygen atoms in total. The first-order valence-corrected chi connectivity index (χ1v) is 9.57. The van der Waals surface area contributed by atoms with E-state index in [1.807, 2.05) is 22.7 Å². The van der Waals surface area contributed by atoms with E-state index >= 15 is 0 Å². The first kappa shape index (κ1) is 14.0. The highest BCUT2D eigenvalue weighted by Gasteiger charge is 2.22. The Kier molecular flexibility index (Phi) is 3.28. The number of nitrogens with one attached hydrogen (secondary N) is 1. The molecule has 0 aliphatic carbocycles. The Morgan fingerprint density at radius 3 is 1.92 bits per heavy atom. The maximum absolute atomic E-state index is 4.67. The summed E-state index contributed by atoms with van der Waals surface area (Å²) in [6.45, 7) is 1.74. The van der Waals surface area contributed by atoms with E-state index in [-0.39, 0.29) is 0 Å². The summed E-state index contributed by atoms with van der Waals surface area (Å²) in [4.78, 5) is 6.94. The van der Waals surface area contributed by atoms with Crippen LogP contribution in [-0.2, 0) is 0 Å². The SMILES string of the molecule is c1ccc2sc(N(C3=NCCN3)c3cc4ccccc4s3)cc2c1. The number of rotatable bonds is 2. The normalized spacial score (nSPS) is 14.1. The summed E-state index contributed by atoms with van der Waals surface area (Å²) < 4.78 is 2.61. The van der Waals surface area contributed by atoms with E-state index in [2.05, 4.69) is 75.9 Å². The summed E-state index contributed by atoms with van der Waals surface area (Å²) in [7, 11) is 0. The lowest BCUT2D eigenvalue weighted by molar-refractivity contribution is 0.955. The maximum Gasteiger partial charge on any atom is 0.204 e. The number of hydrogen-bond acceptors (Lipinski definition) is 5. The number of thiophene rings is 2. The molecule has 118 valence electrons. The summed E-state index contributed by atoms with van der Waals surface area (Å²) in [6.07, 6.45) is 0. The van der Waals surface area contributed by atoms with Gasteiger partial charge in [0.2, 0.25) is 5.96 Å². The second kappa shape index (κ2) is 5.61. The van der Waals surface area contributed by atoms with Crippen LogP contribution in [0.15, 0.2) is 65.7 Å². The summed E-state index contributed by atoms with van der Waals surface area (Å²) >= 11 is 3.62. The van der Waals surface area contributed by atoms with Crippen molar-refractivity contribution in [3.63, 3.8) is 0 Å². The average molecular weight is 349 g/mol. The molecule has 1 N–H and O–H groups in total. The highest BCUT2D eigenvalue weighted by atomic mass is 32.1. The van der Waals surface area contributed by atoms with Crippen LogP contribution in [0.4, 0.5) is 10.0 Å². The second-order valence-electron chi connectivity index (χ2n) is 5.71. The highest BCUT2D eigenvalue weighted by molar-refractivity contribution is 7.25. The van der Waals surface area contributed by atoms with Crippen LogP contribution in [0.2, 0.25) is 0 Å². The molecule has 0 unspecified atom stereocenters. The topological polar surface area (TPSA) is 27.6 Å². The molecule has 0 saturated heterocycles. The molecule has 0 bridgehead atoms. The van der Waals surface area contributed by atoms with Crippen molar-refractivity contribution in [2.24, 2.45) is 4.99 Å². The minimum Gasteiger partial charge on any atom is -0.354 e. The van der Waals surface area contributed by atoms with Crippen molar-refractivity contribution in [1.29, 1.82) is 0 Å². The average Bonchev–Trinajstić information content (AvgIpc) is 3.34. The first-order chi connectivity index (χ1) is 11.9. The standard InChI is InChI=1S/C19H15N3S2/c1-3-7-15-13(5-1)11-17(23-15)22(19-20-9-10-21-19)18-12-14-6-2-4-8-16(14)24-18/h1-8,11-12H,9-10H2,(H,20,21). The van der Waals surface area contributed by atoms with Crippen LogP contribution in [0.1, 0.15) is 0 Å². The lowest BCUT2D eigenvalue weighted by Crippen LogP contribution is -2.34. The van der Waals surface area contributed by atoms with E-state index < -0.39 is 0 Å². The number of fused-ring (bicyclic) bond motifs is 2. The van der Waals surface area contributed by atoms with Crippen molar-refractivity contribution in [3.8, 4) is 0 Å². The van der Waals surface area contributed by atoms with E-state index in [1.165, 1.54) is 30.2 Å². The van der Waals surface area contributed by atoms with Crippen molar-refractivity contribution in [1.82, 2.24) is 5.32 Å². The van der Waals surface area contributed by atoms with Gasteiger partial charge in [-0.05, 0) is 35.0 Å². The third-order valence-electron chi connectivity index (χ3n) is 4.13. The predicted octanol–water partition coefficient (Wildman–Crippen LogP) is 5.21. The number of hydrogen-bond donors (Lipinski definition) is 1. The molecule has 0 saturated carbocycles. The molecule has 5 rings (SSSR count). The van der Waals surface area contributed by atoms with E-state index in [4.69, 9.17) is 0 Å². The van der Waals surface area contributed by atoms with Gasteiger partial charge in [0.15, 0.2) is 0 Å². The van der Waals surface area contributed by atoms with E-state index in [9.17, 15) is 0 Å². The zero-order valence-electron chi connectivity index (χ0n) is 12.9. The molecule has 4 aromatic rings. The molecule has 5 heteroatoms. The van der Waals surface area contributed by atoms with Gasteiger partial charge in [-0.1, -0.05) is 36.4 Å². The largest absolute Gasteiger partial charge is 0.354 e. The smallest absolute Gasteiger partial charge is 0.204 e. The molecule has 3 heterocycles. The van der Waals surface area contributed by atoms with Crippen LogP contribution in [0, 0.1) is 0 Å². The number of aliphatic imine (C=N–C) groups is 1. The molecule has 0 radical (unpaired) electrons. The van der Waals surface area contributed by atoms with Crippen molar-refractivity contribution in [3.05, 3.63) is 60.7 Å². The number of benzene rings is 2. The third kappa shape index (κ3) is 2.28. The van der Waals surface area contributed by atoms with Gasteiger partial charge >= 0.3 is 0 Å². The molecule has 0 spiro atoms. The van der Waals surface area contributed by atoms with Crippen molar-refractivity contribution in [2.75, 3.05) is 18.0 Å². The van der Waals surface area contributed by atoms with Gasteiger partial charge in [0.05, 0.1) is 6.54 Å².